The molecule has 1 aromatic carbocycles. The highest BCUT2D eigenvalue weighted by Crippen LogP contribution is 2.20. The van der Waals surface area contributed by atoms with Crippen molar-refractivity contribution in [1.29, 1.82) is 0 Å². The molecule has 0 fully saturated rings. The van der Waals surface area contributed by atoms with Crippen molar-refractivity contribution >= 4 is 11.9 Å². The van der Waals surface area contributed by atoms with E-state index in [0.29, 0.717) is 11.3 Å². The zero-order valence-corrected chi connectivity index (χ0v) is 11.8. The summed E-state index contributed by atoms with van der Waals surface area (Å²) < 4.78 is 9.58. The Labute approximate surface area is 122 Å². The normalized spacial score (nSPS) is 10.0. The Kier molecular flexibility index (Phi) is 4.66. The van der Waals surface area contributed by atoms with E-state index in [4.69, 9.17) is 4.74 Å². The molecule has 0 saturated carbocycles. The maximum absolute atomic E-state index is 11.4. The van der Waals surface area contributed by atoms with Crippen LogP contribution in [0.15, 0.2) is 42.6 Å². The monoisotopic (exact) mass is 285 g/mol. The van der Waals surface area contributed by atoms with Gasteiger partial charge in [-0.2, -0.15) is 0 Å². The molecule has 0 radical (unpaired) electrons. The van der Waals surface area contributed by atoms with E-state index in [0.717, 1.165) is 11.1 Å². The molecule has 0 amide bonds. The summed E-state index contributed by atoms with van der Waals surface area (Å²) in [4.78, 5) is 26.3. The molecule has 5 heteroatoms. The van der Waals surface area contributed by atoms with Crippen molar-refractivity contribution in [3.63, 3.8) is 0 Å². The topological polar surface area (TPSA) is 65.5 Å². The minimum atomic E-state index is -0.369. The summed E-state index contributed by atoms with van der Waals surface area (Å²) in [6.45, 7) is 1.50. The van der Waals surface area contributed by atoms with Gasteiger partial charge in [0, 0.05) is 13.1 Å². The Morgan fingerprint density at radius 1 is 1.10 bits per heavy atom. The average molecular weight is 285 g/mol. The lowest BCUT2D eigenvalue weighted by atomic mass is 10.0. The molecular weight excluding hydrogens is 270 g/mol. The van der Waals surface area contributed by atoms with Crippen LogP contribution in [0.5, 0.6) is 0 Å². The van der Waals surface area contributed by atoms with Gasteiger partial charge in [0.15, 0.2) is 0 Å². The predicted octanol–water partition coefficient (Wildman–Crippen LogP) is 2.60. The second-order valence-electron chi connectivity index (χ2n) is 4.39. The molecule has 2 rings (SSSR count). The third-order valence-corrected chi connectivity index (χ3v) is 2.88. The van der Waals surface area contributed by atoms with E-state index in [-0.39, 0.29) is 18.5 Å². The second-order valence-corrected chi connectivity index (χ2v) is 4.39. The van der Waals surface area contributed by atoms with Gasteiger partial charge < -0.3 is 9.47 Å². The summed E-state index contributed by atoms with van der Waals surface area (Å²) in [6.07, 6.45) is 1.66. The van der Waals surface area contributed by atoms with Crippen LogP contribution >= 0.6 is 0 Å². The van der Waals surface area contributed by atoms with Gasteiger partial charge in [0.2, 0.25) is 0 Å². The first kappa shape index (κ1) is 14.7. The Hall–Kier alpha value is -2.69. The van der Waals surface area contributed by atoms with Crippen molar-refractivity contribution in [3.05, 3.63) is 53.9 Å². The lowest BCUT2D eigenvalue weighted by molar-refractivity contribution is -0.142. The largest absolute Gasteiger partial charge is 0.465 e. The Morgan fingerprint density at radius 2 is 1.81 bits per heavy atom. The van der Waals surface area contributed by atoms with Crippen LogP contribution < -0.4 is 0 Å². The van der Waals surface area contributed by atoms with Gasteiger partial charge in [-0.05, 0) is 35.4 Å². The van der Waals surface area contributed by atoms with Gasteiger partial charge in [0.1, 0.15) is 6.61 Å². The number of methoxy groups -OCH3 is 1. The smallest absolute Gasteiger partial charge is 0.337 e. The van der Waals surface area contributed by atoms with Crippen LogP contribution in [0.25, 0.3) is 11.1 Å². The summed E-state index contributed by atoms with van der Waals surface area (Å²) >= 11 is 0. The number of nitrogens with zero attached hydrogens (tertiary/aromatic N) is 1. The van der Waals surface area contributed by atoms with E-state index in [1.807, 2.05) is 24.3 Å². The molecular formula is C16H15NO4. The molecule has 0 N–H and O–H groups in total. The van der Waals surface area contributed by atoms with E-state index in [9.17, 15) is 9.59 Å². The molecule has 0 saturated heterocycles. The van der Waals surface area contributed by atoms with Crippen LogP contribution in [-0.2, 0) is 20.9 Å². The van der Waals surface area contributed by atoms with Crippen molar-refractivity contribution < 1.29 is 19.1 Å². The van der Waals surface area contributed by atoms with Crippen LogP contribution in [0.1, 0.15) is 23.0 Å². The second kappa shape index (κ2) is 6.65. The first-order valence-electron chi connectivity index (χ1n) is 6.37. The minimum absolute atomic E-state index is 0.142. The van der Waals surface area contributed by atoms with Gasteiger partial charge in [-0.1, -0.05) is 12.1 Å². The molecule has 0 aliphatic heterocycles. The number of rotatable bonds is 4. The molecule has 2 aromatic rings. The fourth-order valence-corrected chi connectivity index (χ4v) is 1.83. The van der Waals surface area contributed by atoms with E-state index in [2.05, 4.69) is 9.72 Å². The maximum atomic E-state index is 11.4. The SMILES string of the molecule is COC(=O)c1ccc(-c2ccnc(COC(C)=O)c2)cc1. The van der Waals surface area contributed by atoms with Crippen molar-refractivity contribution in [1.82, 2.24) is 4.98 Å². The third kappa shape index (κ3) is 3.89. The summed E-state index contributed by atoms with van der Waals surface area (Å²) in [6, 6.07) is 10.8. The number of carbonyl (C=O) groups excluding carboxylic acids is 2. The number of ether oxygens (including phenoxy) is 2. The number of hydrogen-bond donors (Lipinski definition) is 0. The van der Waals surface area contributed by atoms with E-state index in [1.54, 1.807) is 18.3 Å². The first-order valence-corrected chi connectivity index (χ1v) is 6.37. The standard InChI is InChI=1S/C16H15NO4/c1-11(18)21-10-15-9-14(7-8-17-15)12-3-5-13(6-4-12)16(19)20-2/h3-9H,10H2,1-2H3. The number of benzene rings is 1. The lowest BCUT2D eigenvalue weighted by Gasteiger charge is -2.06. The summed E-state index contributed by atoms with van der Waals surface area (Å²) in [5.41, 5.74) is 3.04. The first-order chi connectivity index (χ1) is 10.1. The molecule has 0 atom stereocenters. The molecule has 108 valence electrons. The fourth-order valence-electron chi connectivity index (χ4n) is 1.83. The van der Waals surface area contributed by atoms with E-state index in [1.165, 1.54) is 14.0 Å². The molecule has 5 nitrogen and oxygen atoms in total. The Bertz CT molecular complexity index is 650. The zero-order valence-electron chi connectivity index (χ0n) is 11.8. The van der Waals surface area contributed by atoms with Crippen molar-refractivity contribution in [2.45, 2.75) is 13.5 Å². The number of pyridine rings is 1. The van der Waals surface area contributed by atoms with Crippen LogP contribution in [0, 0.1) is 0 Å². The maximum Gasteiger partial charge on any atom is 0.337 e. The summed E-state index contributed by atoms with van der Waals surface area (Å²) in [5, 5.41) is 0. The molecule has 21 heavy (non-hydrogen) atoms. The van der Waals surface area contributed by atoms with Gasteiger partial charge in [-0.15, -0.1) is 0 Å². The zero-order chi connectivity index (χ0) is 15.2. The number of esters is 2. The van der Waals surface area contributed by atoms with Crippen LogP contribution in [0.3, 0.4) is 0 Å². The van der Waals surface area contributed by atoms with E-state index < -0.39 is 0 Å². The van der Waals surface area contributed by atoms with Crippen LogP contribution in [0.4, 0.5) is 0 Å². The third-order valence-electron chi connectivity index (χ3n) is 2.88. The molecule has 0 unspecified atom stereocenters. The number of hydrogen-bond acceptors (Lipinski definition) is 5. The van der Waals surface area contributed by atoms with Gasteiger partial charge in [-0.25, -0.2) is 4.79 Å². The number of aromatic nitrogens is 1. The highest BCUT2D eigenvalue weighted by atomic mass is 16.5. The van der Waals surface area contributed by atoms with Crippen molar-refractivity contribution in [2.24, 2.45) is 0 Å². The fraction of sp³-hybridized carbons (Fsp3) is 0.188. The van der Waals surface area contributed by atoms with Crippen LogP contribution in [-0.4, -0.2) is 24.0 Å². The Balaban J connectivity index is 2.19. The molecule has 0 spiro atoms. The van der Waals surface area contributed by atoms with Crippen molar-refractivity contribution in [2.75, 3.05) is 7.11 Å². The molecule has 0 aliphatic carbocycles. The average Bonchev–Trinajstić information content (AvgIpc) is 2.52. The number of carbonyl (C=O) groups is 2. The highest BCUT2D eigenvalue weighted by molar-refractivity contribution is 5.89. The van der Waals surface area contributed by atoms with Gasteiger partial charge >= 0.3 is 11.9 Å². The lowest BCUT2D eigenvalue weighted by Crippen LogP contribution is -2.01. The molecule has 1 aromatic heterocycles. The summed E-state index contributed by atoms with van der Waals surface area (Å²) in [7, 11) is 1.35. The van der Waals surface area contributed by atoms with Gasteiger partial charge in [0.25, 0.3) is 0 Å². The summed E-state index contributed by atoms with van der Waals surface area (Å²) in [5.74, 6) is -0.712. The Morgan fingerprint density at radius 3 is 2.43 bits per heavy atom. The quantitative estimate of drug-likeness (QED) is 0.808. The van der Waals surface area contributed by atoms with E-state index >= 15 is 0 Å². The van der Waals surface area contributed by atoms with Gasteiger partial charge in [0.05, 0.1) is 18.4 Å². The van der Waals surface area contributed by atoms with Gasteiger partial charge in [-0.3, -0.25) is 9.78 Å². The molecule has 0 aliphatic rings. The van der Waals surface area contributed by atoms with Crippen molar-refractivity contribution in [3.8, 4) is 11.1 Å². The highest BCUT2D eigenvalue weighted by Gasteiger charge is 2.06. The minimum Gasteiger partial charge on any atom is -0.465 e. The van der Waals surface area contributed by atoms with Crippen LogP contribution in [0.2, 0.25) is 0 Å². The molecule has 1 heterocycles. The predicted molar refractivity (Wildman–Crippen MR) is 76.5 cm³/mol. The molecule has 0 bridgehead atoms.